The van der Waals surface area contributed by atoms with Gasteiger partial charge in [0.25, 0.3) is 5.91 Å². The smallest absolute Gasteiger partial charge is 0.337 e. The summed E-state index contributed by atoms with van der Waals surface area (Å²) < 4.78 is 6.69. The molecule has 2 aromatic rings. The molecule has 2 rings (SSSR count). The van der Waals surface area contributed by atoms with E-state index in [1.807, 2.05) is 18.4 Å². The number of allylic oxidation sites excluding steroid dienone is 1. The Balaban J connectivity index is 2.62. The zero-order valence-electron chi connectivity index (χ0n) is 13.6. The maximum atomic E-state index is 11.9. The van der Waals surface area contributed by atoms with E-state index in [0.29, 0.717) is 17.7 Å². The van der Waals surface area contributed by atoms with Crippen molar-refractivity contribution < 1.29 is 14.3 Å². The third kappa shape index (κ3) is 2.90. The summed E-state index contributed by atoms with van der Waals surface area (Å²) in [5.41, 5.74) is 9.88. The Morgan fingerprint density at radius 1 is 1.22 bits per heavy atom. The molecule has 0 bridgehead atoms. The predicted octanol–water partition coefficient (Wildman–Crippen LogP) is 2.84. The molecule has 0 aliphatic rings. The molecule has 0 unspecified atom stereocenters. The van der Waals surface area contributed by atoms with Crippen LogP contribution >= 0.6 is 0 Å². The Morgan fingerprint density at radius 2 is 1.83 bits per heavy atom. The van der Waals surface area contributed by atoms with Crippen molar-refractivity contribution in [3.8, 4) is 11.1 Å². The average Bonchev–Trinajstić information content (AvgIpc) is 2.79. The van der Waals surface area contributed by atoms with Crippen LogP contribution in [0.5, 0.6) is 0 Å². The minimum absolute atomic E-state index is 0.399. The van der Waals surface area contributed by atoms with E-state index in [-0.39, 0.29) is 0 Å². The first kappa shape index (κ1) is 16.5. The molecule has 0 spiro atoms. The van der Waals surface area contributed by atoms with Gasteiger partial charge in [0.05, 0.1) is 18.2 Å². The van der Waals surface area contributed by atoms with Crippen LogP contribution in [0, 0.1) is 13.8 Å². The van der Waals surface area contributed by atoms with Crippen LogP contribution < -0.4 is 5.73 Å². The second kappa shape index (κ2) is 6.52. The summed E-state index contributed by atoms with van der Waals surface area (Å²) >= 11 is 0. The van der Waals surface area contributed by atoms with Crippen molar-refractivity contribution in [1.82, 2.24) is 4.57 Å². The molecule has 1 heterocycles. The van der Waals surface area contributed by atoms with Crippen molar-refractivity contribution in [2.45, 2.75) is 20.4 Å². The molecule has 0 saturated heterocycles. The molecule has 0 saturated carbocycles. The van der Waals surface area contributed by atoms with Gasteiger partial charge in [0.1, 0.15) is 0 Å². The van der Waals surface area contributed by atoms with Crippen LogP contribution in [0.1, 0.15) is 32.1 Å². The third-order valence-corrected chi connectivity index (χ3v) is 3.94. The number of primary amides is 1. The molecular formula is C18H20N2O3. The van der Waals surface area contributed by atoms with Gasteiger partial charge >= 0.3 is 5.97 Å². The van der Waals surface area contributed by atoms with E-state index < -0.39 is 11.9 Å². The highest BCUT2D eigenvalue weighted by atomic mass is 16.5. The molecule has 1 aromatic heterocycles. The molecule has 120 valence electrons. The molecule has 1 aromatic carbocycles. The van der Waals surface area contributed by atoms with Gasteiger partial charge in [-0.1, -0.05) is 18.2 Å². The normalized spacial score (nSPS) is 10.4. The van der Waals surface area contributed by atoms with Crippen molar-refractivity contribution in [3.63, 3.8) is 0 Å². The quantitative estimate of drug-likeness (QED) is 0.681. The SMILES string of the molecule is C=CCn1c(C)c(C(N)=O)c(-c2ccc(C(=O)OC)cc2)c1C. The van der Waals surface area contributed by atoms with Crippen molar-refractivity contribution in [2.24, 2.45) is 5.73 Å². The zero-order chi connectivity index (χ0) is 17.1. The fraction of sp³-hybridized carbons (Fsp3) is 0.222. The van der Waals surface area contributed by atoms with E-state index in [2.05, 4.69) is 6.58 Å². The summed E-state index contributed by atoms with van der Waals surface area (Å²) in [5.74, 6) is -0.871. The molecule has 0 atom stereocenters. The minimum Gasteiger partial charge on any atom is -0.465 e. The Labute approximate surface area is 135 Å². The lowest BCUT2D eigenvalue weighted by Crippen LogP contribution is -2.13. The van der Waals surface area contributed by atoms with Gasteiger partial charge in [0, 0.05) is 23.5 Å². The fourth-order valence-electron chi connectivity index (χ4n) is 2.83. The predicted molar refractivity (Wildman–Crippen MR) is 89.4 cm³/mol. The highest BCUT2D eigenvalue weighted by Gasteiger charge is 2.22. The summed E-state index contributed by atoms with van der Waals surface area (Å²) in [5, 5.41) is 0. The van der Waals surface area contributed by atoms with Gasteiger partial charge in [0.2, 0.25) is 0 Å². The minimum atomic E-state index is -0.472. The van der Waals surface area contributed by atoms with Crippen molar-refractivity contribution >= 4 is 11.9 Å². The number of rotatable bonds is 5. The maximum absolute atomic E-state index is 11.9. The topological polar surface area (TPSA) is 74.3 Å². The van der Waals surface area contributed by atoms with Gasteiger partial charge in [-0.25, -0.2) is 4.79 Å². The molecule has 5 heteroatoms. The van der Waals surface area contributed by atoms with Crippen LogP contribution in [0.3, 0.4) is 0 Å². The molecule has 0 radical (unpaired) electrons. The zero-order valence-corrected chi connectivity index (χ0v) is 13.6. The Hall–Kier alpha value is -2.82. The number of aromatic nitrogens is 1. The maximum Gasteiger partial charge on any atom is 0.337 e. The number of methoxy groups -OCH3 is 1. The fourth-order valence-corrected chi connectivity index (χ4v) is 2.83. The van der Waals surface area contributed by atoms with Crippen molar-refractivity contribution in [3.05, 3.63) is 59.4 Å². The summed E-state index contributed by atoms with van der Waals surface area (Å²) in [6.45, 7) is 8.14. The van der Waals surface area contributed by atoms with E-state index in [1.165, 1.54) is 7.11 Å². The Kier molecular flexibility index (Phi) is 4.69. The van der Waals surface area contributed by atoms with Crippen LogP contribution in [0.2, 0.25) is 0 Å². The van der Waals surface area contributed by atoms with E-state index >= 15 is 0 Å². The summed E-state index contributed by atoms with van der Waals surface area (Å²) in [6, 6.07) is 6.93. The van der Waals surface area contributed by atoms with Gasteiger partial charge in [0.15, 0.2) is 0 Å². The van der Waals surface area contributed by atoms with E-state index in [4.69, 9.17) is 10.5 Å². The molecule has 1 amide bonds. The average molecular weight is 312 g/mol. The number of carbonyl (C=O) groups is 2. The molecule has 0 fully saturated rings. The number of amides is 1. The highest BCUT2D eigenvalue weighted by Crippen LogP contribution is 2.32. The molecule has 5 nitrogen and oxygen atoms in total. The molecule has 0 aliphatic heterocycles. The van der Waals surface area contributed by atoms with Gasteiger partial charge < -0.3 is 15.0 Å². The lowest BCUT2D eigenvalue weighted by molar-refractivity contribution is 0.0600. The Morgan fingerprint density at radius 3 is 2.30 bits per heavy atom. The highest BCUT2D eigenvalue weighted by molar-refractivity contribution is 6.02. The summed E-state index contributed by atoms with van der Waals surface area (Å²) in [4.78, 5) is 23.5. The standard InChI is InChI=1S/C18H20N2O3/c1-5-10-20-11(2)15(16(12(20)3)17(19)21)13-6-8-14(9-7-13)18(22)23-4/h5-9H,1,10H2,2-4H3,(H2,19,21). The first-order valence-corrected chi connectivity index (χ1v) is 7.21. The number of nitrogens with two attached hydrogens (primary N) is 1. The second-order valence-corrected chi connectivity index (χ2v) is 5.25. The van der Waals surface area contributed by atoms with Crippen molar-refractivity contribution in [2.75, 3.05) is 7.11 Å². The molecule has 2 N–H and O–H groups in total. The molecule has 23 heavy (non-hydrogen) atoms. The van der Waals surface area contributed by atoms with Crippen LogP contribution in [0.4, 0.5) is 0 Å². The van der Waals surface area contributed by atoms with Gasteiger partial charge in [-0.2, -0.15) is 0 Å². The first-order chi connectivity index (χ1) is 10.9. The van der Waals surface area contributed by atoms with Gasteiger partial charge in [-0.15, -0.1) is 6.58 Å². The number of nitrogens with zero attached hydrogens (tertiary/aromatic N) is 1. The summed E-state index contributed by atoms with van der Waals surface area (Å²) in [7, 11) is 1.34. The van der Waals surface area contributed by atoms with Crippen LogP contribution in [0.15, 0.2) is 36.9 Å². The number of esters is 1. The number of ether oxygens (including phenoxy) is 1. The molecular weight excluding hydrogens is 292 g/mol. The van der Waals surface area contributed by atoms with E-state index in [1.54, 1.807) is 30.3 Å². The second-order valence-electron chi connectivity index (χ2n) is 5.25. The van der Waals surface area contributed by atoms with Crippen molar-refractivity contribution in [1.29, 1.82) is 0 Å². The van der Waals surface area contributed by atoms with E-state index in [9.17, 15) is 9.59 Å². The number of hydrogen-bond acceptors (Lipinski definition) is 3. The molecule has 0 aliphatic carbocycles. The van der Waals surface area contributed by atoms with Gasteiger partial charge in [-0.05, 0) is 31.5 Å². The monoisotopic (exact) mass is 312 g/mol. The number of benzene rings is 1. The summed E-state index contributed by atoms with van der Waals surface area (Å²) in [6.07, 6.45) is 1.77. The van der Waals surface area contributed by atoms with Crippen LogP contribution in [0.25, 0.3) is 11.1 Å². The largest absolute Gasteiger partial charge is 0.465 e. The number of carbonyl (C=O) groups excluding carboxylic acids is 2. The van der Waals surface area contributed by atoms with Crippen LogP contribution in [-0.2, 0) is 11.3 Å². The lowest BCUT2D eigenvalue weighted by Gasteiger charge is -2.07. The number of hydrogen-bond donors (Lipinski definition) is 1. The third-order valence-electron chi connectivity index (χ3n) is 3.94. The first-order valence-electron chi connectivity index (χ1n) is 7.21. The Bertz CT molecular complexity index is 771. The van der Waals surface area contributed by atoms with Gasteiger partial charge in [-0.3, -0.25) is 4.79 Å². The van der Waals surface area contributed by atoms with E-state index in [0.717, 1.165) is 22.5 Å². The lowest BCUT2D eigenvalue weighted by atomic mass is 9.99. The van der Waals surface area contributed by atoms with Crippen LogP contribution in [-0.4, -0.2) is 23.6 Å².